The van der Waals surface area contributed by atoms with Crippen molar-refractivity contribution in [3.63, 3.8) is 0 Å². The summed E-state index contributed by atoms with van der Waals surface area (Å²) >= 11 is 6.84. The van der Waals surface area contributed by atoms with Gasteiger partial charge in [0.15, 0.2) is 5.03 Å². The number of hydrogen-bond donors (Lipinski definition) is 2. The summed E-state index contributed by atoms with van der Waals surface area (Å²) in [5.74, 6) is 0.209. The highest BCUT2D eigenvalue weighted by molar-refractivity contribution is 9.12. The normalized spacial score (nSPS) is 18.9. The number of guanidine groups is 1. The highest BCUT2D eigenvalue weighted by Gasteiger charge is 2.17. The third kappa shape index (κ3) is 4.76. The standard InChI is InChI=1S/C6H11Br2N5O2/c7-1-5(8)2-12-3-9-6(10-4-12)11-13(14)15/h5H,1-4H2,(H2,9,10,11)/t5-/m1/s1. The monoisotopic (exact) mass is 343 g/mol. The highest BCUT2D eigenvalue weighted by atomic mass is 79.9. The van der Waals surface area contributed by atoms with Gasteiger partial charge in [-0.25, -0.2) is 10.1 Å². The van der Waals surface area contributed by atoms with Crippen LogP contribution in [0.3, 0.4) is 0 Å². The third-order valence-electron chi connectivity index (χ3n) is 1.75. The smallest absolute Gasteiger partial charge is 0.270 e. The fraction of sp³-hybridized carbons (Fsp3) is 0.833. The zero-order valence-corrected chi connectivity index (χ0v) is 11.0. The van der Waals surface area contributed by atoms with E-state index in [1.807, 2.05) is 0 Å². The van der Waals surface area contributed by atoms with E-state index in [1.165, 1.54) is 0 Å². The molecule has 7 nitrogen and oxygen atoms in total. The second-order valence-corrected chi connectivity index (χ2v) is 4.90. The molecule has 0 aromatic heterocycles. The molecule has 0 amide bonds. The third-order valence-corrected chi connectivity index (χ3v) is 4.01. The van der Waals surface area contributed by atoms with E-state index >= 15 is 0 Å². The molecule has 0 saturated carbocycles. The van der Waals surface area contributed by atoms with Crippen molar-refractivity contribution in [3.8, 4) is 0 Å². The Morgan fingerprint density at radius 2 is 2.20 bits per heavy atom. The first-order valence-corrected chi connectivity index (χ1v) is 6.28. The maximum atomic E-state index is 10.1. The van der Waals surface area contributed by atoms with Gasteiger partial charge in [0.25, 0.3) is 5.96 Å². The second-order valence-electron chi connectivity index (χ2n) is 2.96. The summed E-state index contributed by atoms with van der Waals surface area (Å²) < 4.78 is 0. The molecule has 0 aliphatic carbocycles. The number of alkyl halides is 2. The minimum atomic E-state index is -0.725. The van der Waals surface area contributed by atoms with E-state index in [9.17, 15) is 10.1 Å². The van der Waals surface area contributed by atoms with Gasteiger partial charge in [0.05, 0.1) is 13.3 Å². The van der Waals surface area contributed by atoms with Gasteiger partial charge >= 0.3 is 0 Å². The molecule has 2 N–H and O–H groups in total. The Kier molecular flexibility index (Phi) is 5.26. The molecule has 0 aromatic carbocycles. The Hall–Kier alpha value is -0.410. The van der Waals surface area contributed by atoms with Crippen molar-refractivity contribution in [3.05, 3.63) is 10.1 Å². The van der Waals surface area contributed by atoms with E-state index in [0.29, 0.717) is 18.2 Å². The maximum absolute atomic E-state index is 10.1. The van der Waals surface area contributed by atoms with Crippen LogP contribution in [-0.4, -0.2) is 45.9 Å². The van der Waals surface area contributed by atoms with Crippen molar-refractivity contribution in [2.24, 2.45) is 5.10 Å². The Morgan fingerprint density at radius 1 is 1.60 bits per heavy atom. The van der Waals surface area contributed by atoms with Gasteiger partial charge in [-0.15, -0.1) is 0 Å². The summed E-state index contributed by atoms with van der Waals surface area (Å²) in [6.07, 6.45) is 0. The lowest BCUT2D eigenvalue weighted by Crippen LogP contribution is -2.56. The molecule has 1 atom stereocenters. The molecular weight excluding hydrogens is 334 g/mol. The molecular formula is C6H11Br2N5O2. The van der Waals surface area contributed by atoms with Gasteiger partial charge in [-0.2, -0.15) is 0 Å². The fourth-order valence-corrected chi connectivity index (χ4v) is 1.72. The van der Waals surface area contributed by atoms with Gasteiger partial charge in [0.2, 0.25) is 0 Å². The molecule has 1 fully saturated rings. The van der Waals surface area contributed by atoms with Crippen LogP contribution in [-0.2, 0) is 0 Å². The summed E-state index contributed by atoms with van der Waals surface area (Å²) in [6, 6.07) is 0. The largest absolute Gasteiger partial charge is 0.338 e. The SMILES string of the molecule is O=[N+]([O-])N=C1NCN(C[C@H](Br)CBr)CN1. The van der Waals surface area contributed by atoms with Gasteiger partial charge in [-0.05, 0) is 0 Å². The van der Waals surface area contributed by atoms with E-state index < -0.39 is 5.03 Å². The van der Waals surface area contributed by atoms with Crippen molar-refractivity contribution in [2.75, 3.05) is 25.2 Å². The number of rotatable bonds is 4. The summed E-state index contributed by atoms with van der Waals surface area (Å²) in [5, 5.41) is 19.0. The van der Waals surface area contributed by atoms with Crippen LogP contribution in [0.5, 0.6) is 0 Å². The summed E-state index contributed by atoms with van der Waals surface area (Å²) in [5.41, 5.74) is 0. The van der Waals surface area contributed by atoms with Crippen molar-refractivity contribution < 1.29 is 5.03 Å². The van der Waals surface area contributed by atoms with Crippen LogP contribution in [0.25, 0.3) is 0 Å². The highest BCUT2D eigenvalue weighted by Crippen LogP contribution is 2.05. The molecule has 1 aliphatic rings. The van der Waals surface area contributed by atoms with Gasteiger partial charge in [0.1, 0.15) is 5.10 Å². The van der Waals surface area contributed by atoms with E-state index in [2.05, 4.69) is 52.5 Å². The lowest BCUT2D eigenvalue weighted by Gasteiger charge is -2.29. The van der Waals surface area contributed by atoms with Crippen molar-refractivity contribution >= 4 is 37.8 Å². The van der Waals surface area contributed by atoms with Crippen LogP contribution in [0.4, 0.5) is 0 Å². The summed E-state index contributed by atoms with van der Waals surface area (Å²) in [4.78, 5) is 12.5. The fourth-order valence-electron chi connectivity index (χ4n) is 1.10. The summed E-state index contributed by atoms with van der Waals surface area (Å²) in [6.45, 7) is 1.94. The molecule has 0 bridgehead atoms. The lowest BCUT2D eigenvalue weighted by molar-refractivity contribution is -0.485. The quantitative estimate of drug-likeness (QED) is 0.429. The number of halogens is 2. The van der Waals surface area contributed by atoms with Crippen LogP contribution in [0.15, 0.2) is 5.10 Å². The number of nitrogens with zero attached hydrogens (tertiary/aromatic N) is 3. The Labute approximate surface area is 104 Å². The molecule has 0 radical (unpaired) electrons. The van der Waals surface area contributed by atoms with Crippen LogP contribution in [0.1, 0.15) is 0 Å². The predicted octanol–water partition coefficient (Wildman–Crippen LogP) is 0.102. The topological polar surface area (TPSA) is 82.8 Å². The molecule has 15 heavy (non-hydrogen) atoms. The first kappa shape index (κ1) is 12.7. The van der Waals surface area contributed by atoms with Gasteiger partial charge in [0, 0.05) is 16.7 Å². The first-order chi connectivity index (χ1) is 7.11. The van der Waals surface area contributed by atoms with Crippen LogP contribution < -0.4 is 10.6 Å². The van der Waals surface area contributed by atoms with E-state index in [1.54, 1.807) is 0 Å². The van der Waals surface area contributed by atoms with Crippen molar-refractivity contribution in [1.82, 2.24) is 15.5 Å². The van der Waals surface area contributed by atoms with E-state index in [-0.39, 0.29) is 5.96 Å². The molecule has 1 heterocycles. The Bertz CT molecular complexity index is 252. The Balaban J connectivity index is 2.32. The lowest BCUT2D eigenvalue weighted by atomic mass is 10.4. The van der Waals surface area contributed by atoms with Gasteiger partial charge in [-0.1, -0.05) is 31.9 Å². The second kappa shape index (κ2) is 6.23. The first-order valence-electron chi connectivity index (χ1n) is 4.25. The zero-order valence-electron chi connectivity index (χ0n) is 7.82. The van der Waals surface area contributed by atoms with Crippen LogP contribution in [0.2, 0.25) is 0 Å². The number of nitro groups is 1. The molecule has 1 saturated heterocycles. The van der Waals surface area contributed by atoms with E-state index in [4.69, 9.17) is 0 Å². The minimum Gasteiger partial charge on any atom is -0.338 e. The van der Waals surface area contributed by atoms with E-state index in [0.717, 1.165) is 11.9 Å². The number of nitrogens with one attached hydrogen (secondary N) is 2. The minimum absolute atomic E-state index is 0.209. The Morgan fingerprint density at radius 3 is 2.67 bits per heavy atom. The molecule has 1 aliphatic heterocycles. The predicted molar refractivity (Wildman–Crippen MR) is 63.6 cm³/mol. The van der Waals surface area contributed by atoms with Crippen LogP contribution >= 0.6 is 31.9 Å². The average molecular weight is 345 g/mol. The maximum Gasteiger partial charge on any atom is 0.270 e. The van der Waals surface area contributed by atoms with Crippen LogP contribution in [0, 0.1) is 10.1 Å². The molecule has 86 valence electrons. The number of hydrazone groups is 1. The van der Waals surface area contributed by atoms with Gasteiger partial charge < -0.3 is 10.6 Å². The van der Waals surface area contributed by atoms with Crippen molar-refractivity contribution in [2.45, 2.75) is 4.83 Å². The zero-order chi connectivity index (χ0) is 11.3. The average Bonchev–Trinajstić information content (AvgIpc) is 2.20. The summed E-state index contributed by atoms with van der Waals surface area (Å²) in [7, 11) is 0. The molecule has 0 unspecified atom stereocenters. The molecule has 0 aromatic rings. The molecule has 9 heteroatoms. The van der Waals surface area contributed by atoms with Gasteiger partial charge in [-0.3, -0.25) is 4.90 Å². The molecule has 1 rings (SSSR count). The van der Waals surface area contributed by atoms with Crippen molar-refractivity contribution in [1.29, 1.82) is 0 Å². The number of hydrogen-bond acceptors (Lipinski definition) is 3. The molecule has 0 spiro atoms.